The Labute approximate surface area is 266 Å². The summed E-state index contributed by atoms with van der Waals surface area (Å²) < 4.78 is 11.7. The van der Waals surface area contributed by atoms with Gasteiger partial charge in [0.05, 0.1) is 13.2 Å². The maximum Gasteiger partial charge on any atom is 0.104 e. The number of ether oxygens (including phenoxy) is 2. The average Bonchev–Trinajstić information content (AvgIpc) is 3.00. The number of aliphatic hydroxyl groups excluding tert-OH is 1. The van der Waals surface area contributed by atoms with Crippen molar-refractivity contribution in [3.05, 3.63) is 0 Å². The second kappa shape index (κ2) is 38.9. The minimum atomic E-state index is -0.151. The Morgan fingerprint density at radius 2 is 0.619 bits per heavy atom. The van der Waals surface area contributed by atoms with Crippen molar-refractivity contribution >= 4 is 0 Å². The lowest BCUT2D eigenvalue weighted by atomic mass is 10.0. The van der Waals surface area contributed by atoms with E-state index in [1.165, 1.54) is 193 Å². The van der Waals surface area contributed by atoms with Crippen molar-refractivity contribution in [1.82, 2.24) is 0 Å². The van der Waals surface area contributed by atoms with E-state index in [1.54, 1.807) is 0 Å². The van der Waals surface area contributed by atoms with Crippen molar-refractivity contribution in [3.63, 3.8) is 0 Å². The summed E-state index contributed by atoms with van der Waals surface area (Å²) in [4.78, 5) is 0. The zero-order chi connectivity index (χ0) is 30.4. The highest BCUT2D eigenvalue weighted by atomic mass is 16.5. The lowest BCUT2D eigenvalue weighted by Crippen LogP contribution is -2.24. The Morgan fingerprint density at radius 1 is 0.357 bits per heavy atom. The molecule has 0 saturated carbocycles. The van der Waals surface area contributed by atoms with E-state index in [4.69, 9.17) is 9.47 Å². The Kier molecular flexibility index (Phi) is 38.8. The highest BCUT2D eigenvalue weighted by molar-refractivity contribution is 4.56. The summed E-state index contributed by atoms with van der Waals surface area (Å²) >= 11 is 0. The molecule has 3 heteroatoms. The molecule has 0 aliphatic heterocycles. The number of hydrogen-bond donors (Lipinski definition) is 1. The van der Waals surface area contributed by atoms with Gasteiger partial charge in [0.15, 0.2) is 0 Å². The van der Waals surface area contributed by atoms with Gasteiger partial charge in [-0.2, -0.15) is 0 Å². The highest BCUT2D eigenvalue weighted by Crippen LogP contribution is 2.15. The summed E-state index contributed by atoms with van der Waals surface area (Å²) in [5, 5.41) is 9.60. The van der Waals surface area contributed by atoms with Gasteiger partial charge in [-0.15, -0.1) is 0 Å². The number of aliphatic hydroxyl groups is 1. The fourth-order valence-electron chi connectivity index (χ4n) is 6.02. The van der Waals surface area contributed by atoms with Crippen molar-refractivity contribution in [3.8, 4) is 0 Å². The molecule has 0 radical (unpaired) electrons. The molecule has 0 rings (SSSR count). The van der Waals surface area contributed by atoms with Crippen molar-refractivity contribution in [2.75, 3.05) is 26.4 Å². The molecule has 0 fully saturated rings. The molecule has 3 nitrogen and oxygen atoms in total. The lowest BCUT2D eigenvalue weighted by Gasteiger charge is -2.15. The van der Waals surface area contributed by atoms with Crippen molar-refractivity contribution < 1.29 is 14.6 Å². The molecule has 0 spiro atoms. The fraction of sp³-hybridized carbons (Fsp3) is 1.00. The standard InChI is InChI=1S/C39H80O3/c1-3-5-7-9-11-13-15-17-19-21-23-25-27-29-31-33-35-41-38-39(37-40)42-36-34-32-30-28-26-24-22-20-18-16-14-12-10-8-6-4-2/h39-40H,3-38H2,1-2H3. The van der Waals surface area contributed by atoms with Crippen LogP contribution in [-0.4, -0.2) is 37.6 Å². The molecule has 0 aromatic carbocycles. The predicted molar refractivity (Wildman–Crippen MR) is 187 cm³/mol. The third-order valence-electron chi connectivity index (χ3n) is 9.00. The lowest BCUT2D eigenvalue weighted by molar-refractivity contribution is -0.0437. The summed E-state index contributed by atoms with van der Waals surface area (Å²) in [5.41, 5.74) is 0. The summed E-state index contributed by atoms with van der Waals surface area (Å²) in [6.45, 7) is 6.75. The molecule has 42 heavy (non-hydrogen) atoms. The Morgan fingerprint density at radius 3 is 0.905 bits per heavy atom. The average molecular weight is 597 g/mol. The van der Waals surface area contributed by atoms with Crippen LogP contribution in [0.3, 0.4) is 0 Å². The number of hydrogen-bond acceptors (Lipinski definition) is 3. The summed E-state index contributed by atoms with van der Waals surface area (Å²) in [7, 11) is 0. The first-order chi connectivity index (χ1) is 20.8. The maximum atomic E-state index is 9.60. The minimum Gasteiger partial charge on any atom is -0.394 e. The van der Waals surface area contributed by atoms with Crippen LogP contribution in [0.2, 0.25) is 0 Å². The van der Waals surface area contributed by atoms with Gasteiger partial charge in [-0.3, -0.25) is 0 Å². The summed E-state index contributed by atoms with van der Waals surface area (Å²) in [6.07, 6.45) is 44.3. The van der Waals surface area contributed by atoms with E-state index in [0.29, 0.717) is 6.61 Å². The van der Waals surface area contributed by atoms with Crippen LogP contribution in [0.15, 0.2) is 0 Å². The minimum absolute atomic E-state index is 0.0673. The van der Waals surface area contributed by atoms with Gasteiger partial charge in [0.1, 0.15) is 6.10 Å². The predicted octanol–water partition coefficient (Wildman–Crippen LogP) is 12.9. The van der Waals surface area contributed by atoms with Crippen LogP contribution in [0, 0.1) is 0 Å². The molecule has 0 saturated heterocycles. The first-order valence-electron chi connectivity index (χ1n) is 19.6. The van der Waals surface area contributed by atoms with Gasteiger partial charge >= 0.3 is 0 Å². The monoisotopic (exact) mass is 597 g/mol. The summed E-state index contributed by atoms with van der Waals surface area (Å²) in [5.74, 6) is 0. The molecule has 254 valence electrons. The molecule has 0 aliphatic rings. The molecular weight excluding hydrogens is 516 g/mol. The fourth-order valence-corrected chi connectivity index (χ4v) is 6.02. The van der Waals surface area contributed by atoms with Crippen LogP contribution >= 0.6 is 0 Å². The van der Waals surface area contributed by atoms with Crippen LogP contribution in [0.25, 0.3) is 0 Å². The SMILES string of the molecule is CCCCCCCCCCCCCCCCCCOCC(CO)OCCCCCCCCCCCCCCCCCC. The molecule has 0 aromatic rings. The van der Waals surface area contributed by atoms with Gasteiger partial charge in [0.25, 0.3) is 0 Å². The normalized spacial score (nSPS) is 12.4. The second-order valence-corrected chi connectivity index (χ2v) is 13.4. The van der Waals surface area contributed by atoms with Crippen LogP contribution < -0.4 is 0 Å². The van der Waals surface area contributed by atoms with Crippen LogP contribution in [0.1, 0.15) is 219 Å². The van der Waals surface area contributed by atoms with Crippen LogP contribution in [0.4, 0.5) is 0 Å². The third-order valence-corrected chi connectivity index (χ3v) is 9.00. The van der Waals surface area contributed by atoms with Gasteiger partial charge < -0.3 is 14.6 Å². The first kappa shape index (κ1) is 41.9. The van der Waals surface area contributed by atoms with Crippen molar-refractivity contribution in [2.45, 2.75) is 225 Å². The number of unbranched alkanes of at least 4 members (excludes halogenated alkanes) is 30. The Bertz CT molecular complexity index is 455. The largest absolute Gasteiger partial charge is 0.394 e. The van der Waals surface area contributed by atoms with E-state index < -0.39 is 0 Å². The van der Waals surface area contributed by atoms with Gasteiger partial charge in [0, 0.05) is 13.2 Å². The van der Waals surface area contributed by atoms with E-state index in [9.17, 15) is 5.11 Å². The maximum absolute atomic E-state index is 9.60. The first-order valence-corrected chi connectivity index (χ1v) is 19.6. The molecule has 0 aromatic heterocycles. The van der Waals surface area contributed by atoms with Crippen molar-refractivity contribution in [2.24, 2.45) is 0 Å². The van der Waals surface area contributed by atoms with Crippen LogP contribution in [-0.2, 0) is 9.47 Å². The third kappa shape index (κ3) is 36.1. The molecule has 0 bridgehead atoms. The van der Waals surface area contributed by atoms with Gasteiger partial charge in [-0.05, 0) is 12.8 Å². The van der Waals surface area contributed by atoms with E-state index in [1.807, 2.05) is 0 Å². The van der Waals surface area contributed by atoms with Crippen molar-refractivity contribution in [1.29, 1.82) is 0 Å². The molecule has 0 heterocycles. The van der Waals surface area contributed by atoms with E-state index >= 15 is 0 Å². The van der Waals surface area contributed by atoms with E-state index in [-0.39, 0.29) is 12.7 Å². The highest BCUT2D eigenvalue weighted by Gasteiger charge is 2.07. The van der Waals surface area contributed by atoms with Gasteiger partial charge in [-0.1, -0.05) is 206 Å². The Hall–Kier alpha value is -0.120. The summed E-state index contributed by atoms with van der Waals surface area (Å²) in [6, 6.07) is 0. The van der Waals surface area contributed by atoms with E-state index in [0.717, 1.165) is 26.1 Å². The van der Waals surface area contributed by atoms with Crippen LogP contribution in [0.5, 0.6) is 0 Å². The quantitative estimate of drug-likeness (QED) is 0.0720. The van der Waals surface area contributed by atoms with Gasteiger partial charge in [0.2, 0.25) is 0 Å². The Balaban J connectivity index is 3.24. The molecule has 1 unspecified atom stereocenters. The molecule has 0 aliphatic carbocycles. The molecular formula is C39H80O3. The second-order valence-electron chi connectivity index (χ2n) is 13.4. The number of rotatable bonds is 38. The van der Waals surface area contributed by atoms with E-state index in [2.05, 4.69) is 13.8 Å². The zero-order valence-corrected chi connectivity index (χ0v) is 29.3. The molecule has 1 atom stereocenters. The smallest absolute Gasteiger partial charge is 0.104 e. The molecule has 0 amide bonds. The van der Waals surface area contributed by atoms with Gasteiger partial charge in [-0.25, -0.2) is 0 Å². The zero-order valence-electron chi connectivity index (χ0n) is 29.3. The topological polar surface area (TPSA) is 38.7 Å². The molecule has 1 N–H and O–H groups in total.